The zero-order valence-electron chi connectivity index (χ0n) is 19.0. The van der Waals surface area contributed by atoms with Gasteiger partial charge in [-0.15, -0.1) is 0 Å². The molecule has 3 N–H and O–H groups in total. The molecule has 29 heavy (non-hydrogen) atoms. The molecule has 0 radical (unpaired) electrons. The van der Waals surface area contributed by atoms with Gasteiger partial charge in [-0.3, -0.25) is 0 Å². The number of hydrogen-bond acceptors (Lipinski definition) is 1. The topological polar surface area (TPSA) is 55.1 Å². The van der Waals surface area contributed by atoms with Crippen LogP contribution in [0.1, 0.15) is 122 Å². The van der Waals surface area contributed by atoms with E-state index in [0.29, 0.717) is 0 Å². The Balaban J connectivity index is 1.83. The fourth-order valence-corrected chi connectivity index (χ4v) is 4.00. The van der Waals surface area contributed by atoms with Gasteiger partial charge in [0.05, 0.1) is 0 Å². The summed E-state index contributed by atoms with van der Waals surface area (Å²) in [6.07, 6.45) is 24.9. The van der Waals surface area contributed by atoms with E-state index in [1.165, 1.54) is 115 Å². The van der Waals surface area contributed by atoms with Crippen molar-refractivity contribution in [1.82, 2.24) is 0 Å². The molecule has 0 saturated carbocycles. The second-order valence-corrected chi connectivity index (χ2v) is 8.60. The summed E-state index contributed by atoms with van der Waals surface area (Å²) in [4.78, 5) is 10.9. The zero-order chi connectivity index (χ0) is 21.0. The Kier molecular flexibility index (Phi) is 16.3. The summed E-state index contributed by atoms with van der Waals surface area (Å²) in [5.41, 5.74) is 7.24. The third-order valence-electron chi connectivity index (χ3n) is 5.76. The number of carbonyl (C=O) groups excluding carboxylic acids is 1. The Morgan fingerprint density at radius 3 is 1.62 bits per heavy atom. The van der Waals surface area contributed by atoms with Gasteiger partial charge >= 0.3 is 6.03 Å². The predicted octanol–water partition coefficient (Wildman–Crippen LogP) is 8.37. The van der Waals surface area contributed by atoms with Crippen LogP contribution in [0.15, 0.2) is 24.3 Å². The molecule has 0 heterocycles. The van der Waals surface area contributed by atoms with E-state index in [1.54, 1.807) is 0 Å². The summed E-state index contributed by atoms with van der Waals surface area (Å²) in [6.45, 7) is 2.29. The first-order valence-corrected chi connectivity index (χ1v) is 12.4. The molecule has 1 aromatic rings. The second-order valence-electron chi connectivity index (χ2n) is 8.60. The fraction of sp³-hybridized carbons (Fsp3) is 0.731. The van der Waals surface area contributed by atoms with Crippen molar-refractivity contribution >= 4 is 11.7 Å². The maximum absolute atomic E-state index is 10.9. The molecular weight excluding hydrogens is 356 g/mol. The lowest BCUT2D eigenvalue weighted by molar-refractivity contribution is 0.259. The van der Waals surface area contributed by atoms with Crippen molar-refractivity contribution in [3.63, 3.8) is 0 Å². The molecule has 0 aliphatic heterocycles. The average Bonchev–Trinajstić information content (AvgIpc) is 2.70. The summed E-state index contributed by atoms with van der Waals surface area (Å²) in [7, 11) is 0. The number of benzene rings is 1. The molecule has 3 nitrogen and oxygen atoms in total. The van der Waals surface area contributed by atoms with Crippen molar-refractivity contribution in [2.75, 3.05) is 5.32 Å². The van der Waals surface area contributed by atoms with Crippen molar-refractivity contribution in [3.8, 4) is 0 Å². The first kappa shape index (κ1) is 25.5. The smallest absolute Gasteiger partial charge is 0.316 e. The molecule has 0 aliphatic rings. The molecule has 2 amide bonds. The molecule has 0 atom stereocenters. The number of urea groups is 1. The molecule has 1 rings (SSSR count). The molecule has 0 bridgehead atoms. The summed E-state index contributed by atoms with van der Waals surface area (Å²) < 4.78 is 0. The lowest BCUT2D eigenvalue weighted by atomic mass is 10.0. The monoisotopic (exact) mass is 402 g/mol. The third kappa shape index (κ3) is 16.0. The number of hydrogen-bond donors (Lipinski definition) is 2. The largest absolute Gasteiger partial charge is 0.351 e. The van der Waals surface area contributed by atoms with Crippen molar-refractivity contribution in [1.29, 1.82) is 0 Å². The predicted molar refractivity (Wildman–Crippen MR) is 128 cm³/mol. The molecule has 1 aromatic carbocycles. The number of primary amides is 1. The van der Waals surface area contributed by atoms with Crippen LogP contribution in [-0.4, -0.2) is 6.03 Å². The van der Waals surface area contributed by atoms with Gasteiger partial charge in [-0.1, -0.05) is 122 Å². The molecule has 3 heteroatoms. The molecule has 0 saturated heterocycles. The van der Waals surface area contributed by atoms with Gasteiger partial charge in [0.2, 0.25) is 0 Å². The second kappa shape index (κ2) is 18.5. The van der Waals surface area contributed by atoms with Crippen LogP contribution in [0.3, 0.4) is 0 Å². The van der Waals surface area contributed by atoms with Crippen LogP contribution in [0.4, 0.5) is 10.5 Å². The number of amides is 2. The normalized spacial score (nSPS) is 10.9. The summed E-state index contributed by atoms with van der Waals surface area (Å²) in [6, 6.07) is 7.51. The Morgan fingerprint density at radius 1 is 0.724 bits per heavy atom. The van der Waals surface area contributed by atoms with Crippen LogP contribution >= 0.6 is 0 Å². The van der Waals surface area contributed by atoms with E-state index in [1.807, 2.05) is 18.2 Å². The molecule has 0 aromatic heterocycles. The third-order valence-corrected chi connectivity index (χ3v) is 5.76. The van der Waals surface area contributed by atoms with Gasteiger partial charge in [-0.25, -0.2) is 4.79 Å². The number of nitrogens with one attached hydrogen (secondary N) is 1. The number of aryl methyl sites for hydroxylation is 1. The highest BCUT2D eigenvalue weighted by molar-refractivity contribution is 5.87. The number of unbranched alkanes of at least 4 members (excludes halogenated alkanes) is 16. The summed E-state index contributed by atoms with van der Waals surface area (Å²) in [5, 5.41) is 2.64. The van der Waals surface area contributed by atoms with Gasteiger partial charge in [0.1, 0.15) is 0 Å². The Labute approximate surface area is 180 Å². The number of anilines is 1. The minimum atomic E-state index is -0.500. The van der Waals surface area contributed by atoms with E-state index in [2.05, 4.69) is 18.3 Å². The van der Waals surface area contributed by atoms with Crippen molar-refractivity contribution in [2.45, 2.75) is 122 Å². The first-order chi connectivity index (χ1) is 14.2. The van der Waals surface area contributed by atoms with Crippen LogP contribution in [0.2, 0.25) is 0 Å². The molecule has 0 unspecified atom stereocenters. The van der Waals surface area contributed by atoms with E-state index >= 15 is 0 Å². The Morgan fingerprint density at radius 2 is 1.17 bits per heavy atom. The molecule has 166 valence electrons. The van der Waals surface area contributed by atoms with E-state index in [4.69, 9.17) is 5.73 Å². The lowest BCUT2D eigenvalue weighted by Crippen LogP contribution is -2.19. The maximum Gasteiger partial charge on any atom is 0.316 e. The molecular formula is C26H46N2O. The lowest BCUT2D eigenvalue weighted by Gasteiger charge is -2.06. The minimum absolute atomic E-state index is 0.500. The van der Waals surface area contributed by atoms with Crippen LogP contribution in [-0.2, 0) is 6.42 Å². The highest BCUT2D eigenvalue weighted by Gasteiger charge is 1.99. The standard InChI is InChI=1S/C26H46N2O/c1-2-3-4-5-6-7-8-9-10-11-12-13-14-15-16-17-18-20-24-21-19-22-25(23-24)28-26(27)29/h19,21-23H,2-18,20H2,1H3,(H3,27,28,29). The van der Waals surface area contributed by atoms with Crippen LogP contribution in [0, 0.1) is 0 Å². The van der Waals surface area contributed by atoms with Crippen molar-refractivity contribution in [2.24, 2.45) is 5.73 Å². The highest BCUT2D eigenvalue weighted by atomic mass is 16.2. The fourth-order valence-electron chi connectivity index (χ4n) is 4.00. The SMILES string of the molecule is CCCCCCCCCCCCCCCCCCCc1cccc(NC(N)=O)c1. The van der Waals surface area contributed by atoms with Crippen LogP contribution in [0.5, 0.6) is 0 Å². The molecule has 0 spiro atoms. The van der Waals surface area contributed by atoms with E-state index < -0.39 is 6.03 Å². The summed E-state index contributed by atoms with van der Waals surface area (Å²) in [5.74, 6) is 0. The van der Waals surface area contributed by atoms with Gasteiger partial charge in [0.15, 0.2) is 0 Å². The average molecular weight is 403 g/mol. The summed E-state index contributed by atoms with van der Waals surface area (Å²) >= 11 is 0. The van der Waals surface area contributed by atoms with Gasteiger partial charge in [0.25, 0.3) is 0 Å². The minimum Gasteiger partial charge on any atom is -0.351 e. The van der Waals surface area contributed by atoms with Gasteiger partial charge in [0, 0.05) is 5.69 Å². The van der Waals surface area contributed by atoms with Crippen LogP contribution in [0.25, 0.3) is 0 Å². The van der Waals surface area contributed by atoms with E-state index in [0.717, 1.165) is 12.1 Å². The van der Waals surface area contributed by atoms with E-state index in [-0.39, 0.29) is 0 Å². The van der Waals surface area contributed by atoms with Gasteiger partial charge < -0.3 is 11.1 Å². The van der Waals surface area contributed by atoms with E-state index in [9.17, 15) is 4.79 Å². The zero-order valence-corrected chi connectivity index (χ0v) is 19.0. The Bertz CT molecular complexity index is 515. The van der Waals surface area contributed by atoms with Crippen molar-refractivity contribution < 1.29 is 4.79 Å². The molecule has 0 aliphatic carbocycles. The number of carbonyl (C=O) groups is 1. The van der Waals surface area contributed by atoms with Gasteiger partial charge in [-0.2, -0.15) is 0 Å². The number of nitrogens with two attached hydrogens (primary N) is 1. The maximum atomic E-state index is 10.9. The quantitative estimate of drug-likeness (QED) is 0.224. The van der Waals surface area contributed by atoms with Crippen LogP contribution < -0.4 is 11.1 Å². The number of rotatable bonds is 19. The first-order valence-electron chi connectivity index (χ1n) is 12.4. The van der Waals surface area contributed by atoms with Gasteiger partial charge in [-0.05, 0) is 30.5 Å². The highest BCUT2D eigenvalue weighted by Crippen LogP contribution is 2.16. The molecule has 0 fully saturated rings. The van der Waals surface area contributed by atoms with Crippen molar-refractivity contribution in [3.05, 3.63) is 29.8 Å². The Hall–Kier alpha value is -1.51.